The summed E-state index contributed by atoms with van der Waals surface area (Å²) in [6.45, 7) is 9.12. The third-order valence-corrected chi connectivity index (χ3v) is 7.64. The molecule has 2 atom stereocenters. The summed E-state index contributed by atoms with van der Waals surface area (Å²) in [5.74, 6) is 0.658. The van der Waals surface area contributed by atoms with Crippen LogP contribution in [0, 0.1) is 11.8 Å². The Morgan fingerprint density at radius 1 is 0.931 bits per heavy atom. The predicted octanol–water partition coefficient (Wildman–Crippen LogP) is 2.05. The molecule has 0 radical (unpaired) electrons. The fourth-order valence-corrected chi connectivity index (χ4v) is 5.97. The molecule has 29 heavy (non-hydrogen) atoms. The Bertz CT molecular complexity index is 835. The normalized spacial score (nSPS) is 23.8. The molecule has 0 spiro atoms. The van der Waals surface area contributed by atoms with Gasteiger partial charge in [0.1, 0.15) is 0 Å². The Hall–Kier alpha value is -1.93. The first-order valence-corrected chi connectivity index (χ1v) is 11.8. The molecule has 1 aromatic rings. The molecule has 0 saturated carbocycles. The molecule has 0 N–H and O–H groups in total. The Balaban J connectivity index is 1.67. The van der Waals surface area contributed by atoms with Crippen molar-refractivity contribution in [3.63, 3.8) is 0 Å². The number of sulfonamides is 1. The van der Waals surface area contributed by atoms with E-state index in [0.29, 0.717) is 63.1 Å². The van der Waals surface area contributed by atoms with Gasteiger partial charge in [0.15, 0.2) is 0 Å². The molecule has 0 aliphatic carbocycles. The average molecular weight is 422 g/mol. The fraction of sp³-hybridized carbons (Fsp3) is 0.619. The van der Waals surface area contributed by atoms with Crippen molar-refractivity contribution in [3.8, 4) is 0 Å². The van der Waals surface area contributed by atoms with Gasteiger partial charge in [-0.1, -0.05) is 20.8 Å². The first-order valence-electron chi connectivity index (χ1n) is 10.4. The van der Waals surface area contributed by atoms with Crippen molar-refractivity contribution in [2.75, 3.05) is 39.3 Å². The maximum Gasteiger partial charge on any atom is 0.253 e. The van der Waals surface area contributed by atoms with E-state index in [-0.39, 0.29) is 16.7 Å². The van der Waals surface area contributed by atoms with Gasteiger partial charge in [-0.15, -0.1) is 0 Å². The fourth-order valence-electron chi connectivity index (χ4n) is 4.29. The second-order valence-electron chi connectivity index (χ2n) is 8.32. The number of carbonyl (C=O) groups is 2. The van der Waals surface area contributed by atoms with E-state index < -0.39 is 10.0 Å². The largest absolute Gasteiger partial charge is 0.339 e. The van der Waals surface area contributed by atoms with Crippen LogP contribution in [0.15, 0.2) is 29.2 Å². The zero-order chi connectivity index (χ0) is 21.2. The van der Waals surface area contributed by atoms with E-state index in [1.54, 1.807) is 26.2 Å². The van der Waals surface area contributed by atoms with Crippen molar-refractivity contribution >= 4 is 21.8 Å². The van der Waals surface area contributed by atoms with Crippen molar-refractivity contribution in [2.24, 2.45) is 11.8 Å². The van der Waals surface area contributed by atoms with Crippen molar-refractivity contribution in [1.29, 1.82) is 0 Å². The topological polar surface area (TPSA) is 78.0 Å². The third kappa shape index (κ3) is 4.80. The van der Waals surface area contributed by atoms with Crippen LogP contribution in [0.1, 0.15) is 44.0 Å². The molecule has 1 aromatic carbocycles. The van der Waals surface area contributed by atoms with Gasteiger partial charge in [-0.25, -0.2) is 8.42 Å². The third-order valence-electron chi connectivity index (χ3n) is 5.80. The van der Waals surface area contributed by atoms with Crippen LogP contribution < -0.4 is 0 Å². The molecule has 2 aliphatic heterocycles. The lowest BCUT2D eigenvalue weighted by Crippen LogP contribution is -2.50. The predicted molar refractivity (Wildman–Crippen MR) is 111 cm³/mol. The number of hydrogen-bond acceptors (Lipinski definition) is 4. The number of rotatable bonds is 4. The lowest BCUT2D eigenvalue weighted by Gasteiger charge is -2.35. The van der Waals surface area contributed by atoms with Crippen LogP contribution in [-0.4, -0.2) is 73.6 Å². The molecule has 2 aliphatic rings. The van der Waals surface area contributed by atoms with Gasteiger partial charge in [-0.3, -0.25) is 9.59 Å². The van der Waals surface area contributed by atoms with Gasteiger partial charge in [0.05, 0.1) is 4.90 Å². The summed E-state index contributed by atoms with van der Waals surface area (Å²) in [7, 11) is -3.55. The van der Waals surface area contributed by atoms with Gasteiger partial charge in [-0.2, -0.15) is 4.31 Å². The summed E-state index contributed by atoms with van der Waals surface area (Å²) in [5, 5.41) is 0. The first kappa shape index (κ1) is 21.8. The number of piperidine rings is 1. The average Bonchev–Trinajstić information content (AvgIpc) is 2.72. The van der Waals surface area contributed by atoms with E-state index in [4.69, 9.17) is 0 Å². The second kappa shape index (κ2) is 8.83. The maximum atomic E-state index is 13.0. The van der Waals surface area contributed by atoms with Crippen LogP contribution >= 0.6 is 0 Å². The molecule has 0 aromatic heterocycles. The minimum atomic E-state index is -3.55. The molecule has 2 fully saturated rings. The number of carbonyl (C=O) groups excluding carboxylic acids is 2. The Kier molecular flexibility index (Phi) is 6.63. The number of amides is 2. The summed E-state index contributed by atoms with van der Waals surface area (Å²) >= 11 is 0. The van der Waals surface area contributed by atoms with Gasteiger partial charge in [0.25, 0.3) is 5.91 Å². The highest BCUT2D eigenvalue weighted by Gasteiger charge is 2.32. The molecule has 2 unspecified atom stereocenters. The highest BCUT2D eigenvalue weighted by atomic mass is 32.2. The lowest BCUT2D eigenvalue weighted by atomic mass is 9.94. The summed E-state index contributed by atoms with van der Waals surface area (Å²) < 4.78 is 27.5. The van der Waals surface area contributed by atoms with Crippen LogP contribution in [-0.2, 0) is 14.8 Å². The summed E-state index contributed by atoms with van der Waals surface area (Å²) in [6.07, 6.45) is 1.51. The first-order chi connectivity index (χ1) is 13.7. The Labute approximate surface area is 173 Å². The van der Waals surface area contributed by atoms with E-state index in [2.05, 4.69) is 13.8 Å². The molecule has 0 bridgehead atoms. The number of hydrogen-bond donors (Lipinski definition) is 0. The maximum absolute atomic E-state index is 13.0. The number of benzene rings is 1. The minimum absolute atomic E-state index is 0.105. The smallest absolute Gasteiger partial charge is 0.253 e. The summed E-state index contributed by atoms with van der Waals surface area (Å²) in [4.78, 5) is 28.3. The molecular weight excluding hydrogens is 390 g/mol. The highest BCUT2D eigenvalue weighted by Crippen LogP contribution is 2.27. The Morgan fingerprint density at radius 3 is 1.97 bits per heavy atom. The standard InChI is InChI=1S/C21H31N3O4S/c1-4-20(25)22-9-11-23(12-10-22)21(26)18-5-7-19(8-6-18)29(27,28)24-14-16(2)13-17(3)15-24/h5-8,16-17H,4,9-15H2,1-3H3. The molecule has 2 saturated heterocycles. The Morgan fingerprint density at radius 2 is 1.45 bits per heavy atom. The van der Waals surface area contributed by atoms with Crippen LogP contribution in [0.4, 0.5) is 0 Å². The number of piperazine rings is 1. The monoisotopic (exact) mass is 421 g/mol. The van der Waals surface area contributed by atoms with Gasteiger partial charge < -0.3 is 9.80 Å². The molecule has 3 rings (SSSR count). The van der Waals surface area contributed by atoms with E-state index in [0.717, 1.165) is 6.42 Å². The van der Waals surface area contributed by atoms with E-state index >= 15 is 0 Å². The zero-order valence-corrected chi connectivity index (χ0v) is 18.3. The summed E-state index contributed by atoms with van der Waals surface area (Å²) in [6, 6.07) is 6.25. The second-order valence-corrected chi connectivity index (χ2v) is 10.3. The lowest BCUT2D eigenvalue weighted by molar-refractivity contribution is -0.132. The van der Waals surface area contributed by atoms with Crippen LogP contribution in [0.3, 0.4) is 0 Å². The van der Waals surface area contributed by atoms with Crippen molar-refractivity contribution in [2.45, 2.75) is 38.5 Å². The SMILES string of the molecule is CCC(=O)N1CCN(C(=O)c2ccc(S(=O)(=O)N3CC(C)CC(C)C3)cc2)CC1. The van der Waals surface area contributed by atoms with E-state index in [9.17, 15) is 18.0 Å². The van der Waals surface area contributed by atoms with Gasteiger partial charge >= 0.3 is 0 Å². The van der Waals surface area contributed by atoms with Gasteiger partial charge in [0.2, 0.25) is 15.9 Å². The quantitative estimate of drug-likeness (QED) is 0.745. The molecule has 7 nitrogen and oxygen atoms in total. The van der Waals surface area contributed by atoms with Crippen molar-refractivity contribution < 1.29 is 18.0 Å². The van der Waals surface area contributed by atoms with Gasteiger partial charge in [0, 0.05) is 51.3 Å². The van der Waals surface area contributed by atoms with E-state index in [1.807, 2.05) is 6.92 Å². The number of nitrogens with zero attached hydrogens (tertiary/aromatic N) is 3. The molecular formula is C21H31N3O4S. The van der Waals surface area contributed by atoms with Gasteiger partial charge in [-0.05, 0) is 42.5 Å². The van der Waals surface area contributed by atoms with Crippen LogP contribution in [0.2, 0.25) is 0 Å². The molecule has 8 heteroatoms. The minimum Gasteiger partial charge on any atom is -0.339 e. The van der Waals surface area contributed by atoms with Crippen LogP contribution in [0.5, 0.6) is 0 Å². The molecule has 2 heterocycles. The zero-order valence-electron chi connectivity index (χ0n) is 17.5. The van der Waals surface area contributed by atoms with E-state index in [1.165, 1.54) is 12.1 Å². The summed E-state index contributed by atoms with van der Waals surface area (Å²) in [5.41, 5.74) is 0.472. The molecule has 160 valence electrons. The van der Waals surface area contributed by atoms with Crippen molar-refractivity contribution in [3.05, 3.63) is 29.8 Å². The highest BCUT2D eigenvalue weighted by molar-refractivity contribution is 7.89. The molecule has 2 amide bonds. The van der Waals surface area contributed by atoms with Crippen LogP contribution in [0.25, 0.3) is 0 Å². The van der Waals surface area contributed by atoms with Crippen molar-refractivity contribution in [1.82, 2.24) is 14.1 Å².